The topological polar surface area (TPSA) is 101 Å². The lowest BCUT2D eigenvalue weighted by atomic mass is 9.97. The highest BCUT2D eigenvalue weighted by atomic mass is 16.5. The SMILES string of the molecule is CN1CC[C@@](O)(c2cc(-c3cccc(-c4ccc(NCC5COC5)cn4)c3)no2)C1=O. The predicted molar refractivity (Wildman–Crippen MR) is 114 cm³/mol. The van der Waals surface area contributed by atoms with Crippen LogP contribution in [0.25, 0.3) is 22.5 Å². The number of pyridine rings is 1. The van der Waals surface area contributed by atoms with Crippen molar-refractivity contribution in [3.05, 3.63) is 54.4 Å². The molecule has 8 nitrogen and oxygen atoms in total. The number of likely N-dealkylation sites (N-methyl/N-ethyl adjacent to an activating group) is 1. The molecular formula is C23H24N4O4. The van der Waals surface area contributed by atoms with E-state index in [0.29, 0.717) is 18.2 Å². The lowest BCUT2D eigenvalue weighted by molar-refractivity contribution is -0.144. The van der Waals surface area contributed by atoms with Crippen molar-refractivity contribution in [3.8, 4) is 22.5 Å². The highest BCUT2D eigenvalue weighted by Gasteiger charge is 2.48. The summed E-state index contributed by atoms with van der Waals surface area (Å²) in [5.41, 5.74) is 2.50. The monoisotopic (exact) mass is 420 g/mol. The van der Waals surface area contributed by atoms with Crippen LogP contribution in [0.2, 0.25) is 0 Å². The first-order chi connectivity index (χ1) is 15.0. The van der Waals surface area contributed by atoms with Crippen LogP contribution in [0, 0.1) is 5.92 Å². The van der Waals surface area contributed by atoms with Crippen molar-refractivity contribution in [2.24, 2.45) is 5.92 Å². The summed E-state index contributed by atoms with van der Waals surface area (Å²) in [4.78, 5) is 18.4. The van der Waals surface area contributed by atoms with Gasteiger partial charge in [0.25, 0.3) is 5.91 Å². The Hall–Kier alpha value is -3.23. The van der Waals surface area contributed by atoms with E-state index in [0.717, 1.165) is 42.3 Å². The predicted octanol–water partition coefficient (Wildman–Crippen LogP) is 2.51. The Balaban J connectivity index is 1.34. The summed E-state index contributed by atoms with van der Waals surface area (Å²) in [5.74, 6) is 0.376. The molecule has 3 aromatic rings. The standard InChI is InChI=1S/C23H24N4O4/c1-27-8-7-23(29,22(27)28)21-10-20(26-31-21)17-4-2-3-16(9-17)19-6-5-18(12-25-19)24-11-15-13-30-14-15/h2-6,9-10,12,15,24,29H,7-8,11,13-14H2,1H3/t23-/m1/s1. The number of aliphatic hydroxyl groups is 1. The zero-order valence-corrected chi connectivity index (χ0v) is 17.2. The molecule has 2 aliphatic rings. The number of amides is 1. The van der Waals surface area contributed by atoms with E-state index in [1.54, 1.807) is 13.1 Å². The summed E-state index contributed by atoms with van der Waals surface area (Å²) < 4.78 is 10.6. The maximum Gasteiger partial charge on any atom is 0.262 e. The highest BCUT2D eigenvalue weighted by molar-refractivity contribution is 5.87. The second-order valence-corrected chi connectivity index (χ2v) is 8.21. The van der Waals surface area contributed by atoms with E-state index in [4.69, 9.17) is 9.26 Å². The number of ether oxygens (including phenoxy) is 1. The van der Waals surface area contributed by atoms with Gasteiger partial charge in [0.2, 0.25) is 5.60 Å². The maximum atomic E-state index is 12.3. The Labute approximate surface area is 179 Å². The first kappa shape index (κ1) is 19.7. The highest BCUT2D eigenvalue weighted by Crippen LogP contribution is 2.35. The molecule has 0 radical (unpaired) electrons. The molecule has 1 aromatic carbocycles. The first-order valence-electron chi connectivity index (χ1n) is 10.4. The molecule has 0 unspecified atom stereocenters. The Bertz CT molecular complexity index is 1090. The van der Waals surface area contributed by atoms with Crippen molar-refractivity contribution in [1.82, 2.24) is 15.0 Å². The van der Waals surface area contributed by atoms with Gasteiger partial charge >= 0.3 is 0 Å². The number of carbonyl (C=O) groups is 1. The van der Waals surface area contributed by atoms with E-state index >= 15 is 0 Å². The zero-order valence-electron chi connectivity index (χ0n) is 17.2. The quantitative estimate of drug-likeness (QED) is 0.632. The molecule has 1 amide bonds. The number of likely N-dealkylation sites (tertiary alicyclic amines) is 1. The Morgan fingerprint density at radius 2 is 2.00 bits per heavy atom. The fourth-order valence-corrected chi connectivity index (χ4v) is 3.86. The maximum absolute atomic E-state index is 12.3. The third-order valence-electron chi connectivity index (χ3n) is 5.95. The summed E-state index contributed by atoms with van der Waals surface area (Å²) in [5, 5.41) is 18.2. The van der Waals surface area contributed by atoms with Crippen molar-refractivity contribution >= 4 is 11.6 Å². The van der Waals surface area contributed by atoms with Crippen molar-refractivity contribution in [2.45, 2.75) is 12.0 Å². The van der Waals surface area contributed by atoms with Gasteiger partial charge in [0, 0.05) is 49.7 Å². The van der Waals surface area contributed by atoms with E-state index in [1.807, 2.05) is 42.6 Å². The molecule has 31 heavy (non-hydrogen) atoms. The van der Waals surface area contributed by atoms with Gasteiger partial charge in [-0.3, -0.25) is 9.78 Å². The number of anilines is 1. The van der Waals surface area contributed by atoms with Crippen LogP contribution in [0.1, 0.15) is 12.2 Å². The van der Waals surface area contributed by atoms with Crippen molar-refractivity contribution in [2.75, 3.05) is 38.7 Å². The third-order valence-corrected chi connectivity index (χ3v) is 5.95. The molecule has 2 fully saturated rings. The largest absolute Gasteiger partial charge is 0.383 e. The molecule has 2 aromatic heterocycles. The zero-order chi connectivity index (χ0) is 21.4. The average molecular weight is 420 g/mol. The Kier molecular flexibility index (Phi) is 4.95. The fraction of sp³-hybridized carbons (Fsp3) is 0.348. The molecule has 1 atom stereocenters. The van der Waals surface area contributed by atoms with Gasteiger partial charge < -0.3 is 24.6 Å². The first-order valence-corrected chi connectivity index (χ1v) is 10.4. The van der Waals surface area contributed by atoms with Crippen molar-refractivity contribution in [3.63, 3.8) is 0 Å². The van der Waals surface area contributed by atoms with E-state index in [2.05, 4.69) is 15.5 Å². The van der Waals surface area contributed by atoms with Crippen LogP contribution in [0.15, 0.2) is 53.2 Å². The van der Waals surface area contributed by atoms with Gasteiger partial charge in [-0.05, 0) is 18.2 Å². The lowest BCUT2D eigenvalue weighted by Crippen LogP contribution is -2.35. The molecule has 8 heteroatoms. The van der Waals surface area contributed by atoms with Crippen LogP contribution in [0.3, 0.4) is 0 Å². The van der Waals surface area contributed by atoms with Gasteiger partial charge in [-0.2, -0.15) is 0 Å². The minimum absolute atomic E-state index is 0.174. The van der Waals surface area contributed by atoms with Crippen LogP contribution >= 0.6 is 0 Å². The smallest absolute Gasteiger partial charge is 0.262 e. The molecule has 0 aliphatic carbocycles. The molecule has 5 rings (SSSR count). The van der Waals surface area contributed by atoms with E-state index in [1.165, 1.54) is 4.90 Å². The van der Waals surface area contributed by atoms with E-state index in [9.17, 15) is 9.90 Å². The number of hydrogen-bond donors (Lipinski definition) is 2. The van der Waals surface area contributed by atoms with E-state index in [-0.39, 0.29) is 18.1 Å². The van der Waals surface area contributed by atoms with Crippen LogP contribution in [-0.2, 0) is 15.1 Å². The number of aromatic nitrogens is 2. The van der Waals surface area contributed by atoms with Gasteiger partial charge in [-0.25, -0.2) is 0 Å². The van der Waals surface area contributed by atoms with Crippen LogP contribution in [0.5, 0.6) is 0 Å². The van der Waals surface area contributed by atoms with Crippen molar-refractivity contribution < 1.29 is 19.2 Å². The average Bonchev–Trinajstić information content (AvgIpc) is 3.36. The molecule has 0 spiro atoms. The number of carbonyl (C=O) groups excluding carboxylic acids is 1. The summed E-state index contributed by atoms with van der Waals surface area (Å²) in [6.07, 6.45) is 2.11. The van der Waals surface area contributed by atoms with Crippen LogP contribution in [0.4, 0.5) is 5.69 Å². The summed E-state index contributed by atoms with van der Waals surface area (Å²) in [6, 6.07) is 13.4. The molecule has 2 aliphatic heterocycles. The van der Waals surface area contributed by atoms with Crippen LogP contribution < -0.4 is 5.32 Å². The van der Waals surface area contributed by atoms with Gasteiger partial charge in [0.1, 0.15) is 5.69 Å². The molecule has 2 N–H and O–H groups in total. The number of rotatable bonds is 6. The minimum atomic E-state index is -1.65. The fourth-order valence-electron chi connectivity index (χ4n) is 3.86. The number of benzene rings is 1. The molecule has 2 saturated heterocycles. The van der Waals surface area contributed by atoms with Gasteiger partial charge in [0.15, 0.2) is 5.76 Å². The summed E-state index contributed by atoms with van der Waals surface area (Å²) >= 11 is 0. The van der Waals surface area contributed by atoms with Gasteiger partial charge in [-0.15, -0.1) is 0 Å². The van der Waals surface area contributed by atoms with Crippen LogP contribution in [-0.4, -0.2) is 59.4 Å². The third kappa shape index (κ3) is 3.68. The number of nitrogens with one attached hydrogen (secondary N) is 1. The van der Waals surface area contributed by atoms with Gasteiger partial charge in [0.05, 0.1) is 30.8 Å². The molecule has 4 heterocycles. The molecule has 160 valence electrons. The summed E-state index contributed by atoms with van der Waals surface area (Å²) in [6.45, 7) is 3.00. The lowest BCUT2D eigenvalue weighted by Gasteiger charge is -2.26. The van der Waals surface area contributed by atoms with E-state index < -0.39 is 5.60 Å². The second kappa shape index (κ2) is 7.79. The number of nitrogens with zero attached hydrogens (tertiary/aromatic N) is 3. The molecule has 0 saturated carbocycles. The Morgan fingerprint density at radius 1 is 1.19 bits per heavy atom. The summed E-state index contributed by atoms with van der Waals surface area (Å²) in [7, 11) is 1.66. The van der Waals surface area contributed by atoms with Gasteiger partial charge in [-0.1, -0.05) is 23.4 Å². The molecule has 0 bridgehead atoms. The Morgan fingerprint density at radius 3 is 2.65 bits per heavy atom. The number of hydrogen-bond acceptors (Lipinski definition) is 7. The molecular weight excluding hydrogens is 396 g/mol. The van der Waals surface area contributed by atoms with Crippen molar-refractivity contribution in [1.29, 1.82) is 0 Å². The normalized spacial score (nSPS) is 21.4. The second-order valence-electron chi connectivity index (χ2n) is 8.21. The minimum Gasteiger partial charge on any atom is -0.383 e.